The molecule has 0 aromatic heterocycles. The lowest BCUT2D eigenvalue weighted by Gasteiger charge is -2.11. The summed E-state index contributed by atoms with van der Waals surface area (Å²) in [4.78, 5) is 0. The van der Waals surface area contributed by atoms with E-state index in [1.165, 1.54) is 19.2 Å². The average molecular weight is 202 g/mol. The third-order valence-electron chi connectivity index (χ3n) is 1.78. The van der Waals surface area contributed by atoms with E-state index < -0.39 is 11.7 Å². The smallest absolute Gasteiger partial charge is 0.416 e. The maximum absolute atomic E-state index is 12.4. The summed E-state index contributed by atoms with van der Waals surface area (Å²) in [6, 6.07) is 3.56. The molecule has 0 aliphatic rings. The van der Waals surface area contributed by atoms with Gasteiger partial charge in [-0.05, 0) is 23.8 Å². The van der Waals surface area contributed by atoms with E-state index in [4.69, 9.17) is 4.74 Å². The van der Waals surface area contributed by atoms with E-state index in [0.29, 0.717) is 5.75 Å². The lowest BCUT2D eigenvalue weighted by molar-refractivity contribution is -0.137. The molecule has 0 aliphatic heterocycles. The molecule has 1 nitrogen and oxygen atoms in total. The molecule has 0 heterocycles. The molecule has 0 saturated carbocycles. The van der Waals surface area contributed by atoms with Gasteiger partial charge in [-0.15, -0.1) is 0 Å². The van der Waals surface area contributed by atoms with E-state index in [1.54, 1.807) is 0 Å². The van der Waals surface area contributed by atoms with Crippen molar-refractivity contribution in [2.75, 3.05) is 7.11 Å². The van der Waals surface area contributed by atoms with Gasteiger partial charge in [-0.3, -0.25) is 0 Å². The zero-order chi connectivity index (χ0) is 10.8. The summed E-state index contributed by atoms with van der Waals surface area (Å²) in [5.41, 5.74) is -0.676. The number of hydrogen-bond acceptors (Lipinski definition) is 1. The van der Waals surface area contributed by atoms with Crippen molar-refractivity contribution in [2.24, 2.45) is 0 Å². The Morgan fingerprint density at radius 2 is 2.00 bits per heavy atom. The fourth-order valence-electron chi connectivity index (χ4n) is 1.09. The number of benzene rings is 1. The molecule has 0 aliphatic carbocycles. The third kappa shape index (κ3) is 2.07. The highest BCUT2D eigenvalue weighted by Crippen LogP contribution is 2.34. The average Bonchev–Trinajstić information content (AvgIpc) is 2.15. The Kier molecular flexibility index (Phi) is 2.84. The first-order valence-electron chi connectivity index (χ1n) is 3.86. The van der Waals surface area contributed by atoms with Crippen LogP contribution in [0.25, 0.3) is 6.08 Å². The van der Waals surface area contributed by atoms with Gasteiger partial charge in [-0.1, -0.05) is 12.7 Å². The highest BCUT2D eigenvalue weighted by Gasteiger charge is 2.32. The largest absolute Gasteiger partial charge is 0.497 e. The molecule has 0 fully saturated rings. The monoisotopic (exact) mass is 202 g/mol. The highest BCUT2D eigenvalue weighted by atomic mass is 19.4. The van der Waals surface area contributed by atoms with Crippen LogP contribution in [0, 0.1) is 0 Å². The van der Waals surface area contributed by atoms with Gasteiger partial charge in [0.1, 0.15) is 5.75 Å². The minimum absolute atomic E-state index is 0.0249. The summed E-state index contributed by atoms with van der Waals surface area (Å²) in [6.07, 6.45) is -3.19. The van der Waals surface area contributed by atoms with E-state index in [1.807, 2.05) is 0 Å². The fourth-order valence-corrected chi connectivity index (χ4v) is 1.09. The summed E-state index contributed by atoms with van der Waals surface area (Å²) in [5, 5.41) is 0. The summed E-state index contributed by atoms with van der Waals surface area (Å²) in [6.45, 7) is 3.32. The summed E-state index contributed by atoms with van der Waals surface area (Å²) >= 11 is 0. The second-order valence-electron chi connectivity index (χ2n) is 2.66. The van der Waals surface area contributed by atoms with Crippen LogP contribution in [0.1, 0.15) is 11.1 Å². The van der Waals surface area contributed by atoms with Crippen molar-refractivity contribution in [3.63, 3.8) is 0 Å². The summed E-state index contributed by atoms with van der Waals surface area (Å²) in [5.74, 6) is 0.382. The van der Waals surface area contributed by atoms with E-state index in [0.717, 1.165) is 12.1 Å². The molecule has 76 valence electrons. The molecule has 0 amide bonds. The summed E-state index contributed by atoms with van der Waals surface area (Å²) in [7, 11) is 1.40. The Balaban J connectivity index is 3.25. The first-order valence-corrected chi connectivity index (χ1v) is 3.86. The van der Waals surface area contributed by atoms with Gasteiger partial charge in [-0.2, -0.15) is 13.2 Å². The van der Waals surface area contributed by atoms with Crippen LogP contribution in [0.5, 0.6) is 5.75 Å². The molecule has 14 heavy (non-hydrogen) atoms. The maximum Gasteiger partial charge on any atom is 0.416 e. The molecule has 0 unspecified atom stereocenters. The van der Waals surface area contributed by atoms with Crippen LogP contribution in [0.4, 0.5) is 13.2 Å². The van der Waals surface area contributed by atoms with Crippen molar-refractivity contribution in [1.29, 1.82) is 0 Å². The van der Waals surface area contributed by atoms with Gasteiger partial charge in [0, 0.05) is 0 Å². The molecule has 0 saturated heterocycles. The molecular formula is C10H9F3O. The topological polar surface area (TPSA) is 9.23 Å². The Labute approximate surface area is 79.8 Å². The molecule has 1 aromatic rings. The number of hydrogen-bond donors (Lipinski definition) is 0. The predicted molar refractivity (Wildman–Crippen MR) is 48.1 cm³/mol. The third-order valence-corrected chi connectivity index (χ3v) is 1.78. The molecule has 4 heteroatoms. The zero-order valence-corrected chi connectivity index (χ0v) is 7.56. The van der Waals surface area contributed by atoms with Gasteiger partial charge in [0.2, 0.25) is 0 Å². The number of halogens is 3. The maximum atomic E-state index is 12.4. The molecule has 1 aromatic carbocycles. The molecule has 0 radical (unpaired) electrons. The lowest BCUT2D eigenvalue weighted by atomic mass is 10.1. The van der Waals surface area contributed by atoms with Crippen molar-refractivity contribution < 1.29 is 17.9 Å². The van der Waals surface area contributed by atoms with Crippen molar-refractivity contribution in [3.8, 4) is 5.75 Å². The number of rotatable bonds is 2. The van der Waals surface area contributed by atoms with Crippen LogP contribution in [0.3, 0.4) is 0 Å². The van der Waals surface area contributed by atoms with Crippen LogP contribution in [-0.2, 0) is 6.18 Å². The minimum atomic E-state index is -4.35. The van der Waals surface area contributed by atoms with E-state index in [9.17, 15) is 13.2 Å². The number of methoxy groups -OCH3 is 1. The minimum Gasteiger partial charge on any atom is -0.497 e. The van der Waals surface area contributed by atoms with Crippen molar-refractivity contribution in [1.82, 2.24) is 0 Å². The van der Waals surface area contributed by atoms with Gasteiger partial charge in [0.05, 0.1) is 12.7 Å². The molecule has 1 rings (SSSR count). The van der Waals surface area contributed by atoms with Crippen molar-refractivity contribution >= 4 is 6.08 Å². The second-order valence-corrected chi connectivity index (χ2v) is 2.66. The lowest BCUT2D eigenvalue weighted by Crippen LogP contribution is -2.07. The Bertz CT molecular complexity index is 342. The number of ether oxygens (including phenoxy) is 1. The van der Waals surface area contributed by atoms with Crippen LogP contribution < -0.4 is 4.74 Å². The summed E-state index contributed by atoms with van der Waals surface area (Å²) < 4.78 is 42.0. The second kappa shape index (κ2) is 3.74. The van der Waals surface area contributed by atoms with Gasteiger partial charge >= 0.3 is 6.18 Å². The van der Waals surface area contributed by atoms with Crippen LogP contribution in [0.15, 0.2) is 24.8 Å². The van der Waals surface area contributed by atoms with Crippen LogP contribution in [-0.4, -0.2) is 7.11 Å². The molecule has 0 bridgehead atoms. The Hall–Kier alpha value is -1.45. The normalized spacial score (nSPS) is 11.1. The standard InChI is InChI=1S/C10H9F3O/c1-3-7-6-8(14-2)4-5-9(7)10(11,12)13/h3-6H,1H2,2H3. The fraction of sp³-hybridized carbons (Fsp3) is 0.200. The van der Waals surface area contributed by atoms with E-state index in [-0.39, 0.29) is 5.56 Å². The quantitative estimate of drug-likeness (QED) is 0.714. The number of alkyl halides is 3. The first kappa shape index (κ1) is 10.6. The predicted octanol–water partition coefficient (Wildman–Crippen LogP) is 3.36. The van der Waals surface area contributed by atoms with Crippen LogP contribution in [0.2, 0.25) is 0 Å². The molecule has 0 spiro atoms. The zero-order valence-electron chi connectivity index (χ0n) is 7.56. The van der Waals surface area contributed by atoms with Crippen molar-refractivity contribution in [2.45, 2.75) is 6.18 Å². The SMILES string of the molecule is C=Cc1cc(OC)ccc1C(F)(F)F. The Morgan fingerprint density at radius 3 is 2.43 bits per heavy atom. The van der Waals surface area contributed by atoms with Gasteiger partial charge < -0.3 is 4.74 Å². The van der Waals surface area contributed by atoms with Crippen molar-refractivity contribution in [3.05, 3.63) is 35.9 Å². The first-order chi connectivity index (χ1) is 6.49. The van der Waals surface area contributed by atoms with E-state index in [2.05, 4.69) is 6.58 Å². The van der Waals surface area contributed by atoms with Gasteiger partial charge in [-0.25, -0.2) is 0 Å². The molecular weight excluding hydrogens is 193 g/mol. The highest BCUT2D eigenvalue weighted by molar-refractivity contribution is 5.55. The Morgan fingerprint density at radius 1 is 1.36 bits per heavy atom. The van der Waals surface area contributed by atoms with Gasteiger partial charge in [0.15, 0.2) is 0 Å². The van der Waals surface area contributed by atoms with Gasteiger partial charge in [0.25, 0.3) is 0 Å². The van der Waals surface area contributed by atoms with Crippen LogP contribution >= 0.6 is 0 Å². The molecule has 0 N–H and O–H groups in total. The molecule has 0 atom stereocenters. The van der Waals surface area contributed by atoms with E-state index >= 15 is 0 Å².